The highest BCUT2D eigenvalue weighted by Gasteiger charge is 2.21. The van der Waals surface area contributed by atoms with Gasteiger partial charge >= 0.3 is 12.0 Å². The summed E-state index contributed by atoms with van der Waals surface area (Å²) in [4.78, 5) is 51.3. The van der Waals surface area contributed by atoms with Crippen LogP contribution in [-0.4, -0.2) is 54.0 Å². The number of aryl methyl sites for hydroxylation is 1. The number of urea groups is 1. The average Bonchev–Trinajstić information content (AvgIpc) is 3.05. The molecule has 0 atom stereocenters. The summed E-state index contributed by atoms with van der Waals surface area (Å²) in [5.41, 5.74) is 3.06. The minimum atomic E-state index is -1.08. The van der Waals surface area contributed by atoms with Gasteiger partial charge in [-0.2, -0.15) is 0 Å². The molecule has 0 heterocycles. The number of aliphatic carboxylic acids is 1. The second-order valence-electron chi connectivity index (χ2n) is 10.5. The number of carboxylic acids is 1. The van der Waals surface area contributed by atoms with Gasteiger partial charge in [-0.15, -0.1) is 0 Å². The number of ether oxygens (including phenoxy) is 2. The average molecular weight is 659 g/mol. The van der Waals surface area contributed by atoms with Crippen LogP contribution >= 0.6 is 11.6 Å². The summed E-state index contributed by atoms with van der Waals surface area (Å²) in [5, 5.41) is 17.8. The molecule has 0 aromatic heterocycles. The fourth-order valence-corrected chi connectivity index (χ4v) is 4.81. The molecular formula is C35H35ClN4O7. The number of carbonyl (C=O) groups excluding carboxylic acids is 3. The number of nitrogens with zero attached hydrogens (tertiary/aromatic N) is 1. The molecule has 0 saturated heterocycles. The summed E-state index contributed by atoms with van der Waals surface area (Å²) >= 11 is 6.49. The molecule has 4 N–H and O–H groups in total. The van der Waals surface area contributed by atoms with Crippen molar-refractivity contribution in [2.45, 2.75) is 26.3 Å². The van der Waals surface area contributed by atoms with E-state index in [0.717, 1.165) is 5.56 Å². The zero-order valence-electron chi connectivity index (χ0n) is 25.9. The monoisotopic (exact) mass is 658 g/mol. The zero-order chi connectivity index (χ0) is 33.8. The van der Waals surface area contributed by atoms with Crippen molar-refractivity contribution in [3.63, 3.8) is 0 Å². The van der Waals surface area contributed by atoms with Crippen LogP contribution in [0.2, 0.25) is 5.02 Å². The SMILES string of the molecule is COc1cc(CC(=O)NCC(=O)N(CCC(=O)O)Cc2c(Cl)cccc2Oc2ccccc2)ccc1NC(=O)Nc1ccccc1C. The third-order valence-corrected chi connectivity index (χ3v) is 7.41. The molecule has 4 aromatic carbocycles. The number of halogens is 1. The predicted octanol–water partition coefficient (Wildman–Crippen LogP) is 6.26. The first-order valence-electron chi connectivity index (χ1n) is 14.7. The molecule has 0 fully saturated rings. The van der Waals surface area contributed by atoms with Crippen LogP contribution in [0.5, 0.6) is 17.2 Å². The highest BCUT2D eigenvalue weighted by molar-refractivity contribution is 6.31. The number of hydrogen-bond acceptors (Lipinski definition) is 6. The van der Waals surface area contributed by atoms with E-state index in [2.05, 4.69) is 16.0 Å². The fraction of sp³-hybridized carbons (Fsp3) is 0.200. The number of benzene rings is 4. The van der Waals surface area contributed by atoms with Crippen LogP contribution in [0.15, 0.2) is 91.0 Å². The van der Waals surface area contributed by atoms with Crippen molar-refractivity contribution in [1.29, 1.82) is 0 Å². The first-order valence-corrected chi connectivity index (χ1v) is 15.1. The van der Waals surface area contributed by atoms with E-state index in [4.69, 9.17) is 21.1 Å². The molecule has 0 spiro atoms. The van der Waals surface area contributed by atoms with Gasteiger partial charge in [0, 0.05) is 22.8 Å². The van der Waals surface area contributed by atoms with E-state index in [1.807, 2.05) is 43.3 Å². The molecule has 244 valence electrons. The van der Waals surface area contributed by atoms with Gasteiger partial charge in [0.1, 0.15) is 17.2 Å². The maximum atomic E-state index is 13.3. The molecule has 11 nitrogen and oxygen atoms in total. The van der Waals surface area contributed by atoms with Crippen molar-refractivity contribution in [2.75, 3.05) is 30.8 Å². The molecule has 0 aliphatic heterocycles. The van der Waals surface area contributed by atoms with E-state index < -0.39 is 23.8 Å². The van der Waals surface area contributed by atoms with Gasteiger partial charge in [0.15, 0.2) is 0 Å². The molecule has 0 aliphatic carbocycles. The second-order valence-corrected chi connectivity index (χ2v) is 10.9. The van der Waals surface area contributed by atoms with Crippen LogP contribution in [0.25, 0.3) is 0 Å². The smallest absolute Gasteiger partial charge is 0.323 e. The Balaban J connectivity index is 1.38. The summed E-state index contributed by atoms with van der Waals surface area (Å²) < 4.78 is 11.4. The van der Waals surface area contributed by atoms with E-state index in [0.29, 0.717) is 44.8 Å². The lowest BCUT2D eigenvalue weighted by atomic mass is 10.1. The molecule has 0 radical (unpaired) electrons. The summed E-state index contributed by atoms with van der Waals surface area (Å²) in [6.45, 7) is 1.37. The number of carboxylic acid groups (broad SMARTS) is 1. The molecular weight excluding hydrogens is 624 g/mol. The number of para-hydroxylation sites is 2. The number of anilines is 2. The Bertz CT molecular complexity index is 1730. The first-order chi connectivity index (χ1) is 22.6. The van der Waals surface area contributed by atoms with Gasteiger partial charge in [-0.3, -0.25) is 14.4 Å². The number of methoxy groups -OCH3 is 1. The third kappa shape index (κ3) is 10.2. The largest absolute Gasteiger partial charge is 0.495 e. The number of amides is 4. The van der Waals surface area contributed by atoms with Gasteiger partial charge in [0.25, 0.3) is 0 Å². The highest BCUT2D eigenvalue weighted by Crippen LogP contribution is 2.32. The van der Waals surface area contributed by atoms with E-state index in [1.165, 1.54) is 12.0 Å². The van der Waals surface area contributed by atoms with Crippen molar-refractivity contribution in [3.8, 4) is 17.2 Å². The van der Waals surface area contributed by atoms with Gasteiger partial charge in [-0.25, -0.2) is 4.79 Å². The van der Waals surface area contributed by atoms with Crippen LogP contribution < -0.4 is 25.4 Å². The topological polar surface area (TPSA) is 146 Å². The molecule has 12 heteroatoms. The maximum absolute atomic E-state index is 13.3. The van der Waals surface area contributed by atoms with Crippen molar-refractivity contribution in [1.82, 2.24) is 10.2 Å². The number of hydrogen-bond donors (Lipinski definition) is 4. The predicted molar refractivity (Wildman–Crippen MR) is 179 cm³/mol. The molecule has 4 amide bonds. The van der Waals surface area contributed by atoms with Gasteiger partial charge in [0.2, 0.25) is 11.8 Å². The summed E-state index contributed by atoms with van der Waals surface area (Å²) in [7, 11) is 1.45. The van der Waals surface area contributed by atoms with Gasteiger partial charge in [-0.05, 0) is 60.5 Å². The van der Waals surface area contributed by atoms with Crippen molar-refractivity contribution in [2.24, 2.45) is 0 Å². The number of nitrogens with one attached hydrogen (secondary N) is 3. The third-order valence-electron chi connectivity index (χ3n) is 7.05. The van der Waals surface area contributed by atoms with E-state index in [-0.39, 0.29) is 32.5 Å². The lowest BCUT2D eigenvalue weighted by molar-refractivity contribution is -0.139. The lowest BCUT2D eigenvalue weighted by Crippen LogP contribution is -2.41. The Labute approximate surface area is 277 Å². The minimum absolute atomic E-state index is 0.0348. The van der Waals surface area contributed by atoms with Gasteiger partial charge < -0.3 is 35.4 Å². The second kappa shape index (κ2) is 16.7. The van der Waals surface area contributed by atoms with Crippen LogP contribution in [0.1, 0.15) is 23.1 Å². The molecule has 0 unspecified atom stereocenters. The van der Waals surface area contributed by atoms with Crippen LogP contribution in [0, 0.1) is 6.92 Å². The maximum Gasteiger partial charge on any atom is 0.323 e. The summed E-state index contributed by atoms with van der Waals surface area (Å²) in [5.74, 6) is -0.687. The standard InChI is InChI=1S/C35H35ClN4O7/c1-23-9-6-7-13-28(23)38-35(45)39-29-16-15-24(19-31(29)46-2)20-32(41)37-21-33(42)40(18-17-34(43)44)22-26-27(36)12-8-14-30(26)47-25-10-4-3-5-11-25/h3-16,19H,17-18,20-22H2,1-2H3,(H,37,41)(H,43,44)(H2,38,39,45). The van der Waals surface area contributed by atoms with Crippen molar-refractivity contribution in [3.05, 3.63) is 113 Å². The van der Waals surface area contributed by atoms with Gasteiger partial charge in [-0.1, -0.05) is 60.1 Å². The molecule has 0 aliphatic rings. The summed E-state index contributed by atoms with van der Waals surface area (Å²) in [6, 6.07) is 25.9. The van der Waals surface area contributed by atoms with Crippen LogP contribution in [0.4, 0.5) is 16.2 Å². The molecule has 0 bridgehead atoms. The Morgan fingerprint density at radius 2 is 1.57 bits per heavy atom. The lowest BCUT2D eigenvalue weighted by Gasteiger charge is -2.24. The van der Waals surface area contributed by atoms with Gasteiger partial charge in [0.05, 0.1) is 38.7 Å². The Morgan fingerprint density at radius 1 is 0.851 bits per heavy atom. The molecule has 0 saturated carbocycles. The molecule has 4 rings (SSSR count). The minimum Gasteiger partial charge on any atom is -0.495 e. The Kier molecular flexibility index (Phi) is 12.2. The quantitative estimate of drug-likeness (QED) is 0.125. The van der Waals surface area contributed by atoms with Crippen LogP contribution in [-0.2, 0) is 27.3 Å². The number of carbonyl (C=O) groups is 4. The van der Waals surface area contributed by atoms with E-state index >= 15 is 0 Å². The first kappa shape index (κ1) is 34.3. The van der Waals surface area contributed by atoms with E-state index in [1.54, 1.807) is 54.6 Å². The summed E-state index contributed by atoms with van der Waals surface area (Å²) in [6.07, 6.45) is -0.379. The van der Waals surface area contributed by atoms with Crippen molar-refractivity contribution >= 4 is 46.8 Å². The van der Waals surface area contributed by atoms with E-state index in [9.17, 15) is 24.3 Å². The fourth-order valence-electron chi connectivity index (χ4n) is 4.59. The Hall–Kier alpha value is -5.55. The van der Waals surface area contributed by atoms with Crippen LogP contribution in [0.3, 0.4) is 0 Å². The molecule has 4 aromatic rings. The molecule has 47 heavy (non-hydrogen) atoms. The van der Waals surface area contributed by atoms with Crippen molar-refractivity contribution < 1.29 is 33.8 Å². The zero-order valence-corrected chi connectivity index (χ0v) is 26.7. The highest BCUT2D eigenvalue weighted by atomic mass is 35.5. The number of rotatable bonds is 14. The Morgan fingerprint density at radius 3 is 2.30 bits per heavy atom. The normalized spacial score (nSPS) is 10.4.